The molecule has 0 aromatic heterocycles. The van der Waals surface area contributed by atoms with Crippen LogP contribution < -0.4 is 5.32 Å². The molecule has 0 radical (unpaired) electrons. The lowest BCUT2D eigenvalue weighted by molar-refractivity contribution is -0.141. The van der Waals surface area contributed by atoms with E-state index < -0.39 is 12.0 Å². The lowest BCUT2D eigenvalue weighted by Crippen LogP contribution is -2.39. The first-order valence-electron chi connectivity index (χ1n) is 4.50. The Morgan fingerprint density at radius 2 is 2.15 bits per heavy atom. The molecule has 1 fully saturated rings. The molecule has 0 aliphatic heterocycles. The van der Waals surface area contributed by atoms with Crippen LogP contribution in [0.3, 0.4) is 0 Å². The van der Waals surface area contributed by atoms with Gasteiger partial charge in [0, 0.05) is 6.92 Å². The number of carbonyl (C=O) groups is 2. The van der Waals surface area contributed by atoms with Crippen molar-refractivity contribution in [3.05, 3.63) is 0 Å². The van der Waals surface area contributed by atoms with Crippen LogP contribution in [-0.4, -0.2) is 23.0 Å². The molecule has 1 rings (SSSR count). The molecule has 0 aromatic carbocycles. The van der Waals surface area contributed by atoms with E-state index in [4.69, 9.17) is 5.11 Å². The highest BCUT2D eigenvalue weighted by Gasteiger charge is 2.36. The van der Waals surface area contributed by atoms with Crippen molar-refractivity contribution >= 4 is 11.9 Å². The second-order valence-electron chi connectivity index (χ2n) is 3.80. The first kappa shape index (κ1) is 10.0. The zero-order valence-corrected chi connectivity index (χ0v) is 7.91. The Hall–Kier alpha value is -1.06. The van der Waals surface area contributed by atoms with Crippen molar-refractivity contribution < 1.29 is 14.7 Å². The van der Waals surface area contributed by atoms with Crippen molar-refractivity contribution in [2.75, 3.05) is 0 Å². The Balaban J connectivity index is 2.38. The third kappa shape index (κ3) is 3.05. The van der Waals surface area contributed by atoms with E-state index >= 15 is 0 Å². The van der Waals surface area contributed by atoms with Gasteiger partial charge in [-0.2, -0.15) is 0 Å². The maximum Gasteiger partial charge on any atom is 0.326 e. The van der Waals surface area contributed by atoms with Crippen molar-refractivity contribution in [3.63, 3.8) is 0 Å². The zero-order valence-electron chi connectivity index (χ0n) is 7.91. The smallest absolute Gasteiger partial charge is 0.326 e. The van der Waals surface area contributed by atoms with Crippen LogP contribution in [0.4, 0.5) is 0 Å². The Bertz CT molecular complexity index is 227. The predicted molar refractivity (Wildman–Crippen MR) is 47.1 cm³/mol. The minimum absolute atomic E-state index is 0.277. The summed E-state index contributed by atoms with van der Waals surface area (Å²) in [4.78, 5) is 21.4. The van der Waals surface area contributed by atoms with E-state index in [-0.39, 0.29) is 5.91 Å². The SMILES string of the molecule is CC(=O)NC(CC1CC1C)C(=O)O. The summed E-state index contributed by atoms with van der Waals surface area (Å²) in [5.41, 5.74) is 0. The maximum atomic E-state index is 10.7. The summed E-state index contributed by atoms with van der Waals surface area (Å²) in [7, 11) is 0. The lowest BCUT2D eigenvalue weighted by atomic mass is 10.1. The van der Waals surface area contributed by atoms with Crippen LogP contribution in [0.25, 0.3) is 0 Å². The summed E-state index contributed by atoms with van der Waals surface area (Å²) in [5, 5.41) is 11.2. The fraction of sp³-hybridized carbons (Fsp3) is 0.778. The first-order valence-corrected chi connectivity index (χ1v) is 4.50. The monoisotopic (exact) mass is 185 g/mol. The van der Waals surface area contributed by atoms with Crippen molar-refractivity contribution in [3.8, 4) is 0 Å². The van der Waals surface area contributed by atoms with Gasteiger partial charge in [0.2, 0.25) is 5.91 Å². The van der Waals surface area contributed by atoms with Gasteiger partial charge in [0.15, 0.2) is 0 Å². The Morgan fingerprint density at radius 1 is 1.62 bits per heavy atom. The Kier molecular flexibility index (Phi) is 2.90. The molecule has 2 N–H and O–H groups in total. The maximum absolute atomic E-state index is 10.7. The van der Waals surface area contributed by atoms with E-state index in [2.05, 4.69) is 12.2 Å². The molecule has 0 aromatic rings. The summed E-state index contributed by atoms with van der Waals surface area (Å²) in [6, 6.07) is -0.701. The first-order chi connectivity index (χ1) is 6.00. The normalized spacial score (nSPS) is 27.8. The second-order valence-corrected chi connectivity index (χ2v) is 3.80. The van der Waals surface area contributed by atoms with E-state index in [1.54, 1.807) is 0 Å². The van der Waals surface area contributed by atoms with Crippen molar-refractivity contribution in [1.29, 1.82) is 0 Å². The second kappa shape index (κ2) is 3.77. The lowest BCUT2D eigenvalue weighted by Gasteiger charge is -2.12. The van der Waals surface area contributed by atoms with Gasteiger partial charge in [0.05, 0.1) is 0 Å². The quantitative estimate of drug-likeness (QED) is 0.674. The van der Waals surface area contributed by atoms with Crippen molar-refractivity contribution in [2.45, 2.75) is 32.7 Å². The highest BCUT2D eigenvalue weighted by molar-refractivity contribution is 5.82. The number of carbonyl (C=O) groups excluding carboxylic acids is 1. The summed E-state index contributed by atoms with van der Waals surface area (Å²) >= 11 is 0. The molecule has 0 saturated heterocycles. The van der Waals surface area contributed by atoms with Crippen LogP contribution in [0.15, 0.2) is 0 Å². The number of amides is 1. The minimum Gasteiger partial charge on any atom is -0.480 e. The van der Waals surface area contributed by atoms with Crippen LogP contribution in [-0.2, 0) is 9.59 Å². The van der Waals surface area contributed by atoms with E-state index in [1.165, 1.54) is 6.92 Å². The van der Waals surface area contributed by atoms with Crippen LogP contribution in [0.2, 0.25) is 0 Å². The number of carboxylic acids is 1. The fourth-order valence-corrected chi connectivity index (χ4v) is 1.50. The molecule has 3 unspecified atom stereocenters. The molecular weight excluding hydrogens is 170 g/mol. The molecule has 0 spiro atoms. The van der Waals surface area contributed by atoms with Gasteiger partial charge in [-0.25, -0.2) is 4.79 Å². The average molecular weight is 185 g/mol. The van der Waals surface area contributed by atoms with E-state index in [9.17, 15) is 9.59 Å². The summed E-state index contributed by atoms with van der Waals surface area (Å²) in [5.74, 6) is -0.112. The summed E-state index contributed by atoms with van der Waals surface area (Å²) in [6.45, 7) is 3.43. The molecule has 1 saturated carbocycles. The molecule has 4 heteroatoms. The molecule has 4 nitrogen and oxygen atoms in total. The summed E-state index contributed by atoms with van der Waals surface area (Å²) < 4.78 is 0. The van der Waals surface area contributed by atoms with Crippen LogP contribution in [0, 0.1) is 11.8 Å². The number of nitrogens with one attached hydrogen (secondary N) is 1. The molecular formula is C9H15NO3. The van der Waals surface area contributed by atoms with Gasteiger partial charge in [0.1, 0.15) is 6.04 Å². The number of hydrogen-bond acceptors (Lipinski definition) is 2. The largest absolute Gasteiger partial charge is 0.480 e. The van der Waals surface area contributed by atoms with Crippen LogP contribution in [0.5, 0.6) is 0 Å². The molecule has 1 aliphatic rings. The molecule has 74 valence electrons. The standard InChI is InChI=1S/C9H15NO3/c1-5-3-7(5)4-8(9(12)13)10-6(2)11/h5,7-8H,3-4H2,1-2H3,(H,10,11)(H,12,13). The third-order valence-electron chi connectivity index (χ3n) is 2.49. The van der Waals surface area contributed by atoms with Gasteiger partial charge in [-0.3, -0.25) is 4.79 Å². The van der Waals surface area contributed by atoms with Gasteiger partial charge in [-0.05, 0) is 24.7 Å². The summed E-state index contributed by atoms with van der Waals surface area (Å²) in [6.07, 6.45) is 1.65. The average Bonchev–Trinajstić information content (AvgIpc) is 2.64. The van der Waals surface area contributed by atoms with Gasteiger partial charge in [-0.15, -0.1) is 0 Å². The van der Waals surface area contributed by atoms with E-state index in [0.29, 0.717) is 18.3 Å². The Labute approximate surface area is 77.3 Å². The number of rotatable bonds is 4. The van der Waals surface area contributed by atoms with Crippen molar-refractivity contribution in [1.82, 2.24) is 5.32 Å². The number of carboxylic acid groups (broad SMARTS) is 1. The minimum atomic E-state index is -0.936. The van der Waals surface area contributed by atoms with Gasteiger partial charge in [-0.1, -0.05) is 6.92 Å². The highest BCUT2D eigenvalue weighted by atomic mass is 16.4. The molecule has 0 bridgehead atoms. The van der Waals surface area contributed by atoms with E-state index in [0.717, 1.165) is 6.42 Å². The zero-order chi connectivity index (χ0) is 10.0. The van der Waals surface area contributed by atoms with Gasteiger partial charge < -0.3 is 10.4 Å². The fourth-order valence-electron chi connectivity index (χ4n) is 1.50. The third-order valence-corrected chi connectivity index (χ3v) is 2.49. The van der Waals surface area contributed by atoms with Gasteiger partial charge >= 0.3 is 5.97 Å². The molecule has 13 heavy (non-hydrogen) atoms. The number of aliphatic carboxylic acids is 1. The topological polar surface area (TPSA) is 66.4 Å². The van der Waals surface area contributed by atoms with E-state index in [1.807, 2.05) is 0 Å². The van der Waals surface area contributed by atoms with Gasteiger partial charge in [0.25, 0.3) is 0 Å². The Morgan fingerprint density at radius 3 is 2.46 bits per heavy atom. The predicted octanol–water partition coefficient (Wildman–Crippen LogP) is 0.622. The molecule has 1 aliphatic carbocycles. The molecule has 0 heterocycles. The molecule has 3 atom stereocenters. The molecule has 1 amide bonds. The number of hydrogen-bond donors (Lipinski definition) is 2. The van der Waals surface area contributed by atoms with Crippen molar-refractivity contribution in [2.24, 2.45) is 11.8 Å². The highest BCUT2D eigenvalue weighted by Crippen LogP contribution is 2.41. The van der Waals surface area contributed by atoms with Crippen LogP contribution >= 0.6 is 0 Å². The van der Waals surface area contributed by atoms with Crippen LogP contribution in [0.1, 0.15) is 26.7 Å².